The van der Waals surface area contributed by atoms with Gasteiger partial charge in [0.25, 0.3) is 0 Å². The number of hydrogen-bond donors (Lipinski definition) is 1. The Hall–Kier alpha value is -2.49. The molecule has 0 spiro atoms. The van der Waals surface area contributed by atoms with Gasteiger partial charge in [0.2, 0.25) is 0 Å². The van der Waals surface area contributed by atoms with Crippen LogP contribution in [0, 0.1) is 6.92 Å². The largest absolute Gasteiger partial charge is 0.493 e. The van der Waals surface area contributed by atoms with E-state index < -0.39 is 0 Å². The van der Waals surface area contributed by atoms with Crippen molar-refractivity contribution in [2.45, 2.75) is 19.9 Å². The van der Waals surface area contributed by atoms with Gasteiger partial charge in [-0.1, -0.05) is 18.2 Å². The molecule has 2 aromatic carbocycles. The van der Waals surface area contributed by atoms with E-state index in [0.717, 1.165) is 60.4 Å². The second-order valence-corrected chi connectivity index (χ2v) is 7.13. The van der Waals surface area contributed by atoms with Crippen LogP contribution in [0.4, 0.5) is 0 Å². The number of aromatic nitrogens is 2. The molecule has 0 aliphatic heterocycles. The first-order valence-corrected chi connectivity index (χ1v) is 10.1. The van der Waals surface area contributed by atoms with Crippen LogP contribution in [-0.4, -0.2) is 61.8 Å². The molecule has 8 heteroatoms. The summed E-state index contributed by atoms with van der Waals surface area (Å²) in [4.78, 5) is 11.2. The van der Waals surface area contributed by atoms with Gasteiger partial charge in [0.1, 0.15) is 5.82 Å². The Morgan fingerprint density at radius 3 is 2.58 bits per heavy atom. The highest BCUT2D eigenvalue weighted by molar-refractivity contribution is 14.0. The quantitative estimate of drug-likeness (QED) is 0.270. The molecule has 0 saturated carbocycles. The summed E-state index contributed by atoms with van der Waals surface area (Å²) >= 11 is 0. The third kappa shape index (κ3) is 6.03. The minimum atomic E-state index is 0. The number of nitrogens with zero attached hydrogens (tertiary/aromatic N) is 4. The lowest BCUT2D eigenvalue weighted by atomic mass is 10.1. The summed E-state index contributed by atoms with van der Waals surface area (Å²) in [7, 11) is 7.17. The van der Waals surface area contributed by atoms with Crippen LogP contribution >= 0.6 is 24.0 Å². The lowest BCUT2D eigenvalue weighted by Gasteiger charge is -2.22. The highest BCUT2D eigenvalue weighted by atomic mass is 127. The molecule has 0 bridgehead atoms. The third-order valence-electron chi connectivity index (χ3n) is 5.22. The normalized spacial score (nSPS) is 11.2. The van der Waals surface area contributed by atoms with Crippen molar-refractivity contribution in [1.29, 1.82) is 0 Å². The number of likely N-dealkylation sites (N-methyl/N-ethyl adjacent to an activating group) is 1. The second-order valence-electron chi connectivity index (χ2n) is 7.13. The molecular formula is C23H32IN5O2. The van der Waals surface area contributed by atoms with E-state index in [1.807, 2.05) is 51.4 Å². The van der Waals surface area contributed by atoms with E-state index >= 15 is 0 Å². The summed E-state index contributed by atoms with van der Waals surface area (Å²) in [5, 5.41) is 3.46. The Kier molecular flexibility index (Phi) is 9.42. The van der Waals surface area contributed by atoms with Gasteiger partial charge in [-0.2, -0.15) is 0 Å². The van der Waals surface area contributed by atoms with Crippen LogP contribution in [0.2, 0.25) is 0 Å². The van der Waals surface area contributed by atoms with Crippen molar-refractivity contribution in [3.8, 4) is 11.5 Å². The number of rotatable bonds is 8. The van der Waals surface area contributed by atoms with Crippen molar-refractivity contribution >= 4 is 41.0 Å². The van der Waals surface area contributed by atoms with E-state index in [4.69, 9.17) is 9.47 Å². The van der Waals surface area contributed by atoms with Crippen molar-refractivity contribution in [3.63, 3.8) is 0 Å². The molecule has 7 nitrogen and oxygen atoms in total. The molecule has 0 fully saturated rings. The zero-order valence-corrected chi connectivity index (χ0v) is 21.2. The molecule has 1 N–H and O–H groups in total. The van der Waals surface area contributed by atoms with Crippen LogP contribution in [0.1, 0.15) is 11.4 Å². The van der Waals surface area contributed by atoms with Crippen molar-refractivity contribution < 1.29 is 9.47 Å². The summed E-state index contributed by atoms with van der Waals surface area (Å²) < 4.78 is 12.9. The fourth-order valence-corrected chi connectivity index (χ4v) is 3.58. The highest BCUT2D eigenvalue weighted by Crippen LogP contribution is 2.27. The van der Waals surface area contributed by atoms with Gasteiger partial charge in [-0.25, -0.2) is 4.98 Å². The van der Waals surface area contributed by atoms with Crippen LogP contribution in [-0.2, 0) is 13.0 Å². The van der Waals surface area contributed by atoms with Crippen LogP contribution in [0.5, 0.6) is 11.5 Å². The Morgan fingerprint density at radius 2 is 1.87 bits per heavy atom. The van der Waals surface area contributed by atoms with Crippen molar-refractivity contribution in [1.82, 2.24) is 19.8 Å². The molecule has 0 aliphatic rings. The van der Waals surface area contributed by atoms with Crippen LogP contribution < -0.4 is 14.8 Å². The summed E-state index contributed by atoms with van der Waals surface area (Å²) in [6.07, 6.45) is 0.878. The molecule has 0 radical (unpaired) electrons. The number of imidazole rings is 1. The van der Waals surface area contributed by atoms with Gasteiger partial charge in [-0.3, -0.25) is 4.99 Å². The number of guanidine groups is 1. The maximum Gasteiger partial charge on any atom is 0.193 e. The number of aryl methyl sites for hydroxylation is 1. The van der Waals surface area contributed by atoms with Crippen LogP contribution in [0.15, 0.2) is 47.5 Å². The number of methoxy groups -OCH3 is 2. The van der Waals surface area contributed by atoms with Gasteiger partial charge < -0.3 is 24.3 Å². The average molecular weight is 537 g/mol. The van der Waals surface area contributed by atoms with Gasteiger partial charge in [0.05, 0.1) is 25.3 Å². The SMILES string of the molecule is CN=C(NCCn1c(C)nc2ccccc21)N(C)CCc1ccc(OC)c(OC)c1.I. The fourth-order valence-electron chi connectivity index (χ4n) is 3.58. The van der Waals surface area contributed by atoms with E-state index in [2.05, 4.69) is 36.9 Å². The minimum Gasteiger partial charge on any atom is -0.493 e. The summed E-state index contributed by atoms with van der Waals surface area (Å²) in [6, 6.07) is 14.3. The van der Waals surface area contributed by atoms with Gasteiger partial charge >= 0.3 is 0 Å². The Balaban J connectivity index is 0.00000341. The molecular weight excluding hydrogens is 505 g/mol. The topological polar surface area (TPSA) is 63.9 Å². The Bertz CT molecular complexity index is 1020. The number of benzene rings is 2. The number of halogens is 1. The maximum atomic E-state index is 5.40. The third-order valence-corrected chi connectivity index (χ3v) is 5.22. The standard InChI is InChI=1S/C23H31N5O2.HI/c1-17-26-19-8-6-7-9-20(19)28(17)15-13-25-23(24-2)27(3)14-12-18-10-11-21(29-4)22(16-18)30-5;/h6-11,16H,12-15H2,1-5H3,(H,24,25);1H. The second kappa shape index (κ2) is 11.8. The average Bonchev–Trinajstić information content (AvgIpc) is 3.09. The molecule has 168 valence electrons. The highest BCUT2D eigenvalue weighted by Gasteiger charge is 2.10. The molecule has 0 unspecified atom stereocenters. The first-order valence-electron chi connectivity index (χ1n) is 10.1. The number of ether oxygens (including phenoxy) is 2. The first kappa shape index (κ1) is 24.8. The lowest BCUT2D eigenvalue weighted by molar-refractivity contribution is 0.354. The predicted molar refractivity (Wildman–Crippen MR) is 137 cm³/mol. The maximum absolute atomic E-state index is 5.40. The van der Waals surface area contributed by atoms with Gasteiger partial charge in [-0.15, -0.1) is 24.0 Å². The lowest BCUT2D eigenvalue weighted by Crippen LogP contribution is -2.41. The molecule has 0 saturated heterocycles. The van der Waals surface area contributed by atoms with Gasteiger partial charge in [0.15, 0.2) is 17.5 Å². The Labute approximate surface area is 201 Å². The molecule has 31 heavy (non-hydrogen) atoms. The molecule has 3 aromatic rings. The van der Waals surface area contributed by atoms with Gasteiger partial charge in [-0.05, 0) is 43.2 Å². The minimum absolute atomic E-state index is 0. The number of nitrogens with one attached hydrogen (secondary N) is 1. The predicted octanol–water partition coefficient (Wildman–Crippen LogP) is 3.73. The van der Waals surface area contributed by atoms with E-state index in [1.54, 1.807) is 14.2 Å². The van der Waals surface area contributed by atoms with E-state index in [9.17, 15) is 0 Å². The number of para-hydroxylation sites is 2. The van der Waals surface area contributed by atoms with Crippen LogP contribution in [0.3, 0.4) is 0 Å². The summed E-state index contributed by atoms with van der Waals surface area (Å²) in [6.45, 7) is 4.48. The van der Waals surface area contributed by atoms with E-state index in [-0.39, 0.29) is 24.0 Å². The molecule has 0 aliphatic carbocycles. The number of fused-ring (bicyclic) bond motifs is 1. The summed E-state index contributed by atoms with van der Waals surface area (Å²) in [5.41, 5.74) is 3.38. The monoisotopic (exact) mass is 537 g/mol. The van der Waals surface area contributed by atoms with Crippen molar-refractivity contribution in [2.75, 3.05) is 41.4 Å². The molecule has 0 atom stereocenters. The molecule has 0 amide bonds. The molecule has 3 rings (SSSR count). The zero-order chi connectivity index (χ0) is 21.5. The fraction of sp³-hybridized carbons (Fsp3) is 0.391. The molecule has 1 heterocycles. The number of aliphatic imine (C=N–C) groups is 1. The van der Waals surface area contributed by atoms with E-state index in [0.29, 0.717) is 0 Å². The van der Waals surface area contributed by atoms with E-state index in [1.165, 1.54) is 5.56 Å². The molecule has 1 aromatic heterocycles. The zero-order valence-electron chi connectivity index (χ0n) is 18.9. The van der Waals surface area contributed by atoms with Crippen molar-refractivity contribution in [2.24, 2.45) is 4.99 Å². The number of hydrogen-bond acceptors (Lipinski definition) is 4. The smallest absolute Gasteiger partial charge is 0.193 e. The Morgan fingerprint density at radius 1 is 1.13 bits per heavy atom. The van der Waals surface area contributed by atoms with Crippen molar-refractivity contribution in [3.05, 3.63) is 53.9 Å². The summed E-state index contributed by atoms with van der Waals surface area (Å²) in [5.74, 6) is 3.39. The van der Waals surface area contributed by atoms with Gasteiger partial charge in [0, 0.05) is 33.7 Å². The van der Waals surface area contributed by atoms with Crippen LogP contribution in [0.25, 0.3) is 11.0 Å². The first-order chi connectivity index (χ1) is 14.6.